The third kappa shape index (κ3) is 3.89. The summed E-state index contributed by atoms with van der Waals surface area (Å²) in [4.78, 5) is 0. The maximum absolute atomic E-state index is 12.8. The summed E-state index contributed by atoms with van der Waals surface area (Å²) in [6.45, 7) is 8.81. The second kappa shape index (κ2) is 5.74. The first-order valence-corrected chi connectivity index (χ1v) is 6.43. The Morgan fingerprint density at radius 1 is 1.25 bits per heavy atom. The minimum absolute atomic E-state index is 0.0354. The maximum atomic E-state index is 12.8. The lowest BCUT2D eigenvalue weighted by molar-refractivity contribution is -0.137. The Hall–Kier alpha value is -1.70. The number of benzene rings is 1. The van der Waals surface area contributed by atoms with E-state index in [2.05, 4.69) is 33.0 Å². The van der Waals surface area contributed by atoms with Gasteiger partial charge in [0.15, 0.2) is 0 Å². The Kier molecular flexibility index (Phi) is 4.69. The minimum atomic E-state index is -4.52. The summed E-state index contributed by atoms with van der Waals surface area (Å²) in [6.07, 6.45) is -4.52. The highest BCUT2D eigenvalue weighted by Crippen LogP contribution is 2.34. The summed E-state index contributed by atoms with van der Waals surface area (Å²) >= 11 is 0. The maximum Gasteiger partial charge on any atom is 0.417 e. The highest BCUT2D eigenvalue weighted by Gasteiger charge is 2.34. The summed E-state index contributed by atoms with van der Waals surface area (Å²) in [6, 6.07) is 5.27. The average molecular weight is 284 g/mol. The van der Waals surface area contributed by atoms with Gasteiger partial charge in [0, 0.05) is 12.2 Å². The molecule has 110 valence electrons. The van der Waals surface area contributed by atoms with Gasteiger partial charge in [0.05, 0.1) is 17.2 Å². The lowest BCUT2D eigenvalue weighted by atomic mass is 9.81. The molecule has 0 amide bonds. The zero-order valence-corrected chi connectivity index (χ0v) is 12.1. The molecule has 0 radical (unpaired) electrons. The third-order valence-corrected chi connectivity index (χ3v) is 3.76. The molecule has 0 saturated carbocycles. The number of nitriles is 1. The van der Waals surface area contributed by atoms with Crippen LogP contribution in [0.1, 0.15) is 38.8 Å². The smallest absolute Gasteiger partial charge is 0.384 e. The molecule has 5 heteroatoms. The van der Waals surface area contributed by atoms with Crippen LogP contribution < -0.4 is 5.32 Å². The van der Waals surface area contributed by atoms with E-state index in [1.54, 1.807) is 6.07 Å². The van der Waals surface area contributed by atoms with Gasteiger partial charge in [-0.3, -0.25) is 0 Å². The molecule has 1 aromatic carbocycles. The van der Waals surface area contributed by atoms with Crippen LogP contribution in [0.4, 0.5) is 18.9 Å². The van der Waals surface area contributed by atoms with Gasteiger partial charge in [0.1, 0.15) is 0 Å². The number of hydrogen-bond donors (Lipinski definition) is 1. The molecule has 20 heavy (non-hydrogen) atoms. The van der Waals surface area contributed by atoms with Crippen LogP contribution in [-0.2, 0) is 6.18 Å². The molecule has 0 unspecified atom stereocenters. The standard InChI is InChI=1S/C15H19F3N2/c1-10(2)14(3,4)9-20-12-6-5-11(8-19)13(7-12)15(16,17)18/h5-7,10,20H,9H2,1-4H3. The van der Waals surface area contributed by atoms with E-state index < -0.39 is 11.7 Å². The molecular formula is C15H19F3N2. The topological polar surface area (TPSA) is 35.8 Å². The van der Waals surface area contributed by atoms with Gasteiger partial charge in [-0.05, 0) is 29.5 Å². The van der Waals surface area contributed by atoms with Gasteiger partial charge in [0.2, 0.25) is 0 Å². The first kappa shape index (κ1) is 16.4. The number of nitrogens with one attached hydrogen (secondary N) is 1. The average Bonchev–Trinajstić information content (AvgIpc) is 2.35. The molecule has 0 spiro atoms. The number of anilines is 1. The van der Waals surface area contributed by atoms with Crippen LogP contribution in [0.25, 0.3) is 0 Å². The molecular weight excluding hydrogens is 265 g/mol. The first-order chi connectivity index (χ1) is 9.08. The molecule has 0 fully saturated rings. The molecule has 1 N–H and O–H groups in total. The first-order valence-electron chi connectivity index (χ1n) is 6.43. The molecule has 2 nitrogen and oxygen atoms in total. The van der Waals surface area contributed by atoms with E-state index in [9.17, 15) is 13.2 Å². The Morgan fingerprint density at radius 3 is 2.30 bits per heavy atom. The summed E-state index contributed by atoms with van der Waals surface area (Å²) in [7, 11) is 0. The van der Waals surface area contributed by atoms with Crippen molar-refractivity contribution in [2.45, 2.75) is 33.9 Å². The van der Waals surface area contributed by atoms with Gasteiger partial charge in [-0.15, -0.1) is 0 Å². The SMILES string of the molecule is CC(C)C(C)(C)CNc1ccc(C#N)c(C(F)(F)F)c1. The van der Waals surface area contributed by atoms with Gasteiger partial charge in [-0.1, -0.05) is 27.7 Å². The van der Waals surface area contributed by atoms with E-state index in [-0.39, 0.29) is 11.0 Å². The van der Waals surface area contributed by atoms with E-state index in [1.807, 2.05) is 0 Å². The summed E-state index contributed by atoms with van der Waals surface area (Å²) in [5.41, 5.74) is -0.907. The number of hydrogen-bond acceptors (Lipinski definition) is 2. The Balaban J connectivity index is 2.97. The fraction of sp³-hybridized carbons (Fsp3) is 0.533. The van der Waals surface area contributed by atoms with Crippen LogP contribution in [0.2, 0.25) is 0 Å². The van der Waals surface area contributed by atoms with Crippen molar-refractivity contribution in [1.29, 1.82) is 5.26 Å². The van der Waals surface area contributed by atoms with Crippen molar-refractivity contribution in [3.05, 3.63) is 29.3 Å². The normalized spacial score (nSPS) is 12.3. The van der Waals surface area contributed by atoms with Gasteiger partial charge < -0.3 is 5.32 Å². The van der Waals surface area contributed by atoms with Crippen molar-refractivity contribution in [3.63, 3.8) is 0 Å². The van der Waals surface area contributed by atoms with Crippen molar-refractivity contribution in [3.8, 4) is 6.07 Å². The van der Waals surface area contributed by atoms with Crippen LogP contribution in [0.3, 0.4) is 0 Å². The minimum Gasteiger partial charge on any atom is -0.384 e. The lowest BCUT2D eigenvalue weighted by Gasteiger charge is -2.30. The second-order valence-corrected chi connectivity index (χ2v) is 5.87. The monoisotopic (exact) mass is 284 g/mol. The molecule has 0 aromatic heterocycles. The van der Waals surface area contributed by atoms with Gasteiger partial charge in [-0.2, -0.15) is 18.4 Å². The van der Waals surface area contributed by atoms with Gasteiger partial charge >= 0.3 is 6.18 Å². The highest BCUT2D eigenvalue weighted by molar-refractivity contribution is 5.53. The van der Waals surface area contributed by atoms with E-state index in [0.29, 0.717) is 18.2 Å². The van der Waals surface area contributed by atoms with Crippen LogP contribution >= 0.6 is 0 Å². The van der Waals surface area contributed by atoms with Crippen molar-refractivity contribution < 1.29 is 13.2 Å². The van der Waals surface area contributed by atoms with Crippen molar-refractivity contribution in [1.82, 2.24) is 0 Å². The quantitative estimate of drug-likeness (QED) is 0.872. The molecule has 0 atom stereocenters. The summed E-state index contributed by atoms with van der Waals surface area (Å²) < 4.78 is 38.5. The predicted molar refractivity (Wildman–Crippen MR) is 73.3 cm³/mol. The van der Waals surface area contributed by atoms with Crippen molar-refractivity contribution >= 4 is 5.69 Å². The van der Waals surface area contributed by atoms with E-state index in [1.165, 1.54) is 12.1 Å². The Labute approximate surface area is 117 Å². The van der Waals surface area contributed by atoms with Gasteiger partial charge in [-0.25, -0.2) is 0 Å². The number of alkyl halides is 3. The molecule has 0 saturated heterocycles. The lowest BCUT2D eigenvalue weighted by Crippen LogP contribution is -2.28. The second-order valence-electron chi connectivity index (χ2n) is 5.87. The number of halogens is 3. The molecule has 1 rings (SSSR count). The zero-order chi connectivity index (χ0) is 15.6. The molecule has 0 aliphatic rings. The number of nitrogens with zero attached hydrogens (tertiary/aromatic N) is 1. The predicted octanol–water partition coefficient (Wildman–Crippen LogP) is 4.67. The van der Waals surface area contributed by atoms with E-state index >= 15 is 0 Å². The van der Waals surface area contributed by atoms with Crippen LogP contribution in [-0.4, -0.2) is 6.54 Å². The zero-order valence-electron chi connectivity index (χ0n) is 12.1. The fourth-order valence-corrected chi connectivity index (χ4v) is 1.52. The largest absolute Gasteiger partial charge is 0.417 e. The molecule has 0 heterocycles. The Bertz CT molecular complexity index is 511. The molecule has 0 bridgehead atoms. The van der Waals surface area contributed by atoms with Crippen molar-refractivity contribution in [2.75, 3.05) is 11.9 Å². The molecule has 1 aromatic rings. The summed E-state index contributed by atoms with van der Waals surface area (Å²) in [5.74, 6) is 0.399. The molecule has 0 aliphatic heterocycles. The van der Waals surface area contributed by atoms with Crippen LogP contribution in [0, 0.1) is 22.7 Å². The van der Waals surface area contributed by atoms with Crippen LogP contribution in [0.15, 0.2) is 18.2 Å². The Morgan fingerprint density at radius 2 is 1.85 bits per heavy atom. The molecule has 0 aliphatic carbocycles. The van der Waals surface area contributed by atoms with E-state index in [0.717, 1.165) is 6.07 Å². The van der Waals surface area contributed by atoms with E-state index in [4.69, 9.17) is 5.26 Å². The number of rotatable bonds is 4. The van der Waals surface area contributed by atoms with Crippen molar-refractivity contribution in [2.24, 2.45) is 11.3 Å². The fourth-order valence-electron chi connectivity index (χ4n) is 1.52. The summed E-state index contributed by atoms with van der Waals surface area (Å²) in [5, 5.41) is 11.8. The van der Waals surface area contributed by atoms with Gasteiger partial charge in [0.25, 0.3) is 0 Å². The third-order valence-electron chi connectivity index (χ3n) is 3.76. The van der Waals surface area contributed by atoms with Crippen LogP contribution in [0.5, 0.6) is 0 Å². The highest BCUT2D eigenvalue weighted by atomic mass is 19.4.